The lowest BCUT2D eigenvalue weighted by atomic mass is 9.94. The van der Waals surface area contributed by atoms with Crippen LogP contribution in [0.25, 0.3) is 16.5 Å². The second-order valence-electron chi connectivity index (χ2n) is 10.5. The molecule has 0 spiro atoms. The van der Waals surface area contributed by atoms with Gasteiger partial charge in [-0.1, -0.05) is 127 Å². The summed E-state index contributed by atoms with van der Waals surface area (Å²) in [6, 6.07) is 46.5. The SMILES string of the molecule is O=C(CC(=CC(=NNC(=O)c1ccccc1)c1ccccc1)c1cn(Cc2ccccc2)c2ccccc12)c1ccccc1. The Balaban J connectivity index is 1.47. The van der Waals surface area contributed by atoms with Gasteiger partial charge in [0.25, 0.3) is 5.91 Å². The van der Waals surface area contributed by atoms with Crippen LogP contribution in [0.1, 0.15) is 43.8 Å². The standard InChI is InChI=1S/C39H31N3O2/c43-38(31-19-9-3-10-20-31)26-33(35-28-42(27-29-15-5-1-6-16-29)37-24-14-13-23-34(35)37)25-36(30-17-7-2-8-18-30)40-41-39(44)32-21-11-4-12-22-32/h1-25,28H,26-27H2,(H,41,44). The molecule has 5 heteroatoms. The third-order valence-electron chi connectivity index (χ3n) is 7.47. The van der Waals surface area contributed by atoms with Crippen molar-refractivity contribution in [3.63, 3.8) is 0 Å². The molecule has 0 aliphatic heterocycles. The first kappa shape index (κ1) is 28.3. The molecule has 0 aliphatic carbocycles. The van der Waals surface area contributed by atoms with Crippen molar-refractivity contribution < 1.29 is 9.59 Å². The van der Waals surface area contributed by atoms with Crippen molar-refractivity contribution in [3.05, 3.63) is 186 Å². The Kier molecular flexibility index (Phi) is 8.65. The highest BCUT2D eigenvalue weighted by molar-refractivity contribution is 6.16. The van der Waals surface area contributed by atoms with Crippen LogP contribution >= 0.6 is 0 Å². The molecular weight excluding hydrogens is 542 g/mol. The minimum Gasteiger partial charge on any atom is -0.342 e. The quantitative estimate of drug-likeness (QED) is 0.102. The molecule has 1 aromatic heterocycles. The molecule has 44 heavy (non-hydrogen) atoms. The minimum atomic E-state index is -0.311. The van der Waals surface area contributed by atoms with E-state index in [9.17, 15) is 9.59 Å². The van der Waals surface area contributed by atoms with E-state index in [1.807, 2.05) is 115 Å². The van der Waals surface area contributed by atoms with E-state index in [0.29, 0.717) is 23.4 Å². The number of hydrogen-bond acceptors (Lipinski definition) is 3. The Morgan fingerprint density at radius 3 is 1.84 bits per heavy atom. The normalized spacial score (nSPS) is 11.8. The van der Waals surface area contributed by atoms with Gasteiger partial charge in [-0.25, -0.2) is 5.43 Å². The number of ketones is 1. The van der Waals surface area contributed by atoms with E-state index in [-0.39, 0.29) is 18.1 Å². The van der Waals surface area contributed by atoms with Crippen LogP contribution in [0.15, 0.2) is 163 Å². The van der Waals surface area contributed by atoms with Crippen LogP contribution in [0.5, 0.6) is 0 Å². The van der Waals surface area contributed by atoms with Crippen LogP contribution in [0.2, 0.25) is 0 Å². The lowest BCUT2D eigenvalue weighted by molar-refractivity contribution is 0.0953. The molecule has 6 rings (SSSR count). The van der Waals surface area contributed by atoms with Crippen molar-refractivity contribution in [3.8, 4) is 0 Å². The number of amides is 1. The highest BCUT2D eigenvalue weighted by Gasteiger charge is 2.18. The zero-order valence-electron chi connectivity index (χ0n) is 24.1. The van der Waals surface area contributed by atoms with Gasteiger partial charge in [0.05, 0.1) is 5.71 Å². The summed E-state index contributed by atoms with van der Waals surface area (Å²) in [6.45, 7) is 0.689. The highest BCUT2D eigenvalue weighted by atomic mass is 16.2. The van der Waals surface area contributed by atoms with Crippen LogP contribution in [-0.4, -0.2) is 22.0 Å². The molecule has 0 radical (unpaired) electrons. The number of carbonyl (C=O) groups is 2. The average Bonchev–Trinajstić information content (AvgIpc) is 3.45. The second-order valence-corrected chi connectivity index (χ2v) is 10.5. The number of para-hydroxylation sites is 1. The molecule has 6 aromatic rings. The number of benzene rings is 5. The highest BCUT2D eigenvalue weighted by Crippen LogP contribution is 2.31. The molecule has 0 atom stereocenters. The molecule has 0 fully saturated rings. The summed E-state index contributed by atoms with van der Waals surface area (Å²) < 4.78 is 2.22. The molecular formula is C39H31N3O2. The largest absolute Gasteiger partial charge is 0.342 e. The molecule has 0 unspecified atom stereocenters. The smallest absolute Gasteiger partial charge is 0.271 e. The number of nitrogens with one attached hydrogen (secondary N) is 1. The Bertz CT molecular complexity index is 1940. The van der Waals surface area contributed by atoms with Crippen LogP contribution in [0, 0.1) is 0 Å². The van der Waals surface area contributed by atoms with E-state index in [4.69, 9.17) is 0 Å². The van der Waals surface area contributed by atoms with Crippen molar-refractivity contribution in [2.45, 2.75) is 13.0 Å². The number of rotatable bonds is 10. The Morgan fingerprint density at radius 1 is 0.636 bits per heavy atom. The predicted molar refractivity (Wildman–Crippen MR) is 178 cm³/mol. The van der Waals surface area contributed by atoms with E-state index >= 15 is 0 Å². The summed E-state index contributed by atoms with van der Waals surface area (Å²) in [5.41, 5.74) is 9.24. The number of hydrazone groups is 1. The van der Waals surface area contributed by atoms with Gasteiger partial charge >= 0.3 is 0 Å². The number of hydrogen-bond donors (Lipinski definition) is 1. The van der Waals surface area contributed by atoms with Gasteiger partial charge in [0.1, 0.15) is 0 Å². The van der Waals surface area contributed by atoms with Gasteiger partial charge in [0.2, 0.25) is 0 Å². The fraction of sp³-hybridized carbons (Fsp3) is 0.0513. The number of fused-ring (bicyclic) bond motifs is 1. The molecule has 0 bridgehead atoms. The van der Waals surface area contributed by atoms with E-state index in [1.54, 1.807) is 12.1 Å². The molecule has 0 saturated heterocycles. The number of allylic oxidation sites excluding steroid dienone is 2. The third kappa shape index (κ3) is 6.63. The van der Waals surface area contributed by atoms with Gasteiger partial charge in [-0.05, 0) is 35.4 Å². The predicted octanol–water partition coefficient (Wildman–Crippen LogP) is 8.18. The first-order valence-electron chi connectivity index (χ1n) is 14.6. The summed E-state index contributed by atoms with van der Waals surface area (Å²) in [4.78, 5) is 26.6. The maximum absolute atomic E-state index is 13.7. The fourth-order valence-corrected chi connectivity index (χ4v) is 5.26. The number of carbonyl (C=O) groups excluding carboxylic acids is 2. The molecule has 5 nitrogen and oxygen atoms in total. The van der Waals surface area contributed by atoms with Crippen molar-refractivity contribution in [2.75, 3.05) is 0 Å². The van der Waals surface area contributed by atoms with Crippen molar-refractivity contribution in [1.82, 2.24) is 9.99 Å². The van der Waals surface area contributed by atoms with Gasteiger partial charge in [-0.15, -0.1) is 0 Å². The zero-order chi connectivity index (χ0) is 30.1. The summed E-state index contributed by atoms with van der Waals surface area (Å²) in [5.74, 6) is -0.314. The lowest BCUT2D eigenvalue weighted by Gasteiger charge is -2.10. The Morgan fingerprint density at radius 2 is 1.18 bits per heavy atom. The van der Waals surface area contributed by atoms with Gasteiger partial charge in [0, 0.05) is 52.3 Å². The molecule has 1 amide bonds. The second kappa shape index (κ2) is 13.4. The van der Waals surface area contributed by atoms with E-state index in [1.165, 1.54) is 5.56 Å². The Hall–Kier alpha value is -5.81. The van der Waals surface area contributed by atoms with Crippen molar-refractivity contribution in [1.29, 1.82) is 0 Å². The summed E-state index contributed by atoms with van der Waals surface area (Å²) in [7, 11) is 0. The van der Waals surface area contributed by atoms with Crippen LogP contribution in [-0.2, 0) is 6.54 Å². The fourth-order valence-electron chi connectivity index (χ4n) is 5.26. The summed E-state index contributed by atoms with van der Waals surface area (Å²) >= 11 is 0. The van der Waals surface area contributed by atoms with Crippen molar-refractivity contribution in [2.24, 2.45) is 5.10 Å². The molecule has 1 heterocycles. The number of Topliss-reactive ketones (excluding diaryl/α,β-unsaturated/α-hetero) is 1. The number of aromatic nitrogens is 1. The van der Waals surface area contributed by atoms with Gasteiger partial charge in [-0.3, -0.25) is 9.59 Å². The van der Waals surface area contributed by atoms with Crippen molar-refractivity contribution >= 4 is 33.9 Å². The van der Waals surface area contributed by atoms with Crippen LogP contribution in [0.4, 0.5) is 0 Å². The molecule has 0 saturated carbocycles. The summed E-state index contributed by atoms with van der Waals surface area (Å²) in [5, 5.41) is 5.63. The molecule has 214 valence electrons. The third-order valence-corrected chi connectivity index (χ3v) is 7.47. The molecule has 5 aromatic carbocycles. The first-order valence-corrected chi connectivity index (χ1v) is 14.6. The van der Waals surface area contributed by atoms with E-state index < -0.39 is 0 Å². The monoisotopic (exact) mass is 573 g/mol. The van der Waals surface area contributed by atoms with Crippen LogP contribution < -0.4 is 5.43 Å². The summed E-state index contributed by atoms with van der Waals surface area (Å²) in [6.07, 6.45) is 4.20. The van der Waals surface area contributed by atoms with Crippen LogP contribution in [0.3, 0.4) is 0 Å². The van der Waals surface area contributed by atoms with E-state index in [0.717, 1.165) is 27.6 Å². The number of nitrogens with zero attached hydrogens (tertiary/aromatic N) is 2. The zero-order valence-corrected chi connectivity index (χ0v) is 24.1. The first-order chi connectivity index (χ1) is 21.7. The maximum Gasteiger partial charge on any atom is 0.271 e. The minimum absolute atomic E-state index is 0.00234. The van der Waals surface area contributed by atoms with E-state index in [2.05, 4.69) is 45.6 Å². The average molecular weight is 574 g/mol. The van der Waals surface area contributed by atoms with Gasteiger partial charge in [0.15, 0.2) is 5.78 Å². The topological polar surface area (TPSA) is 63.5 Å². The lowest BCUT2D eigenvalue weighted by Crippen LogP contribution is -2.19. The van der Waals surface area contributed by atoms with Gasteiger partial charge < -0.3 is 4.57 Å². The molecule has 0 aliphatic rings. The van der Waals surface area contributed by atoms with Gasteiger partial charge in [-0.2, -0.15) is 5.10 Å². The Labute approximate surface area is 256 Å². The molecule has 1 N–H and O–H groups in total. The maximum atomic E-state index is 13.7.